The molecule has 2 heterocycles. The lowest BCUT2D eigenvalue weighted by atomic mass is 10.2. The molecule has 94 valence electrons. The van der Waals surface area contributed by atoms with Gasteiger partial charge in [0.1, 0.15) is 18.0 Å². The topological polar surface area (TPSA) is 70.5 Å². The summed E-state index contributed by atoms with van der Waals surface area (Å²) in [5.41, 5.74) is 0. The van der Waals surface area contributed by atoms with Crippen LogP contribution in [0.25, 0.3) is 0 Å². The number of hydrogen-bond donors (Lipinski definition) is 2. The highest BCUT2D eigenvalue weighted by atomic mass is 16.5. The van der Waals surface area contributed by atoms with Crippen LogP contribution in [0.1, 0.15) is 6.92 Å². The first kappa shape index (κ1) is 12.1. The zero-order chi connectivity index (χ0) is 12.3. The lowest BCUT2D eigenvalue weighted by molar-refractivity contribution is -0.0105. The van der Waals surface area contributed by atoms with Crippen molar-refractivity contribution in [1.29, 1.82) is 0 Å². The number of ether oxygens (including phenoxy) is 1. The molecule has 0 bridgehead atoms. The van der Waals surface area contributed by atoms with Gasteiger partial charge in [-0.15, -0.1) is 0 Å². The molecular weight excluding hydrogens is 220 g/mol. The molecule has 0 aromatic carbocycles. The first-order valence-electron chi connectivity index (χ1n) is 5.73. The Balaban J connectivity index is 2.18. The number of rotatable bonds is 3. The third-order valence-corrected chi connectivity index (χ3v) is 2.91. The fourth-order valence-corrected chi connectivity index (χ4v) is 1.89. The summed E-state index contributed by atoms with van der Waals surface area (Å²) in [5.74, 6) is 1.65. The van der Waals surface area contributed by atoms with Crippen LogP contribution in [0.2, 0.25) is 0 Å². The van der Waals surface area contributed by atoms with E-state index in [1.165, 1.54) is 6.33 Å². The minimum Gasteiger partial charge on any atom is -0.394 e. The lowest BCUT2D eigenvalue weighted by Crippen LogP contribution is -2.50. The molecule has 1 aliphatic heterocycles. The minimum absolute atomic E-state index is 0.0349. The molecule has 2 unspecified atom stereocenters. The van der Waals surface area contributed by atoms with Crippen LogP contribution in [0.4, 0.5) is 11.6 Å². The molecule has 17 heavy (non-hydrogen) atoms. The normalized spacial score (nSPS) is 24.8. The molecule has 2 atom stereocenters. The van der Waals surface area contributed by atoms with Crippen molar-refractivity contribution in [2.24, 2.45) is 0 Å². The van der Waals surface area contributed by atoms with Gasteiger partial charge in [-0.1, -0.05) is 0 Å². The van der Waals surface area contributed by atoms with E-state index in [4.69, 9.17) is 9.84 Å². The van der Waals surface area contributed by atoms with Crippen LogP contribution in [0, 0.1) is 0 Å². The van der Waals surface area contributed by atoms with Gasteiger partial charge in [0.15, 0.2) is 0 Å². The first-order valence-corrected chi connectivity index (χ1v) is 5.73. The maximum atomic E-state index is 9.15. The number of aliphatic hydroxyl groups excluding tert-OH is 1. The van der Waals surface area contributed by atoms with E-state index < -0.39 is 0 Å². The predicted octanol–water partition coefficient (Wildman–Crippen LogP) is 0.104. The molecule has 0 amide bonds. The maximum Gasteiger partial charge on any atom is 0.134 e. The Bertz CT molecular complexity index is 374. The van der Waals surface area contributed by atoms with Gasteiger partial charge >= 0.3 is 0 Å². The first-order chi connectivity index (χ1) is 8.24. The van der Waals surface area contributed by atoms with Crippen LogP contribution < -0.4 is 10.2 Å². The standard InChI is InChI=1S/C11H18N4O2/c1-8-6-17-9(5-16)4-15(8)11-3-10(12-2)13-7-14-11/h3,7-9,16H,4-6H2,1-2H3,(H,12,13,14). The SMILES string of the molecule is CNc1cc(N2CC(CO)OCC2C)ncn1. The summed E-state index contributed by atoms with van der Waals surface area (Å²) in [5, 5.41) is 12.1. The van der Waals surface area contributed by atoms with E-state index in [0.29, 0.717) is 13.2 Å². The highest BCUT2D eigenvalue weighted by Crippen LogP contribution is 2.20. The van der Waals surface area contributed by atoms with E-state index in [1.807, 2.05) is 13.1 Å². The summed E-state index contributed by atoms with van der Waals surface area (Å²) in [4.78, 5) is 10.5. The summed E-state index contributed by atoms with van der Waals surface area (Å²) in [6, 6.07) is 2.15. The third kappa shape index (κ3) is 2.65. The molecule has 1 aliphatic rings. The van der Waals surface area contributed by atoms with Crippen LogP contribution in [0.15, 0.2) is 12.4 Å². The fourth-order valence-electron chi connectivity index (χ4n) is 1.89. The number of aromatic nitrogens is 2. The molecule has 2 N–H and O–H groups in total. The Morgan fingerprint density at radius 3 is 3.12 bits per heavy atom. The van der Waals surface area contributed by atoms with Gasteiger partial charge in [-0.2, -0.15) is 0 Å². The predicted molar refractivity (Wildman–Crippen MR) is 65.2 cm³/mol. The molecule has 1 aromatic rings. The van der Waals surface area contributed by atoms with Crippen LogP contribution in [-0.4, -0.2) is 54.0 Å². The second-order valence-electron chi connectivity index (χ2n) is 4.15. The van der Waals surface area contributed by atoms with Gasteiger partial charge in [-0.3, -0.25) is 0 Å². The van der Waals surface area contributed by atoms with E-state index >= 15 is 0 Å². The summed E-state index contributed by atoms with van der Waals surface area (Å²) in [7, 11) is 1.82. The highest BCUT2D eigenvalue weighted by molar-refractivity contribution is 5.49. The smallest absolute Gasteiger partial charge is 0.134 e. The maximum absolute atomic E-state index is 9.15. The fraction of sp³-hybridized carbons (Fsp3) is 0.636. The minimum atomic E-state index is -0.140. The van der Waals surface area contributed by atoms with Crippen molar-refractivity contribution in [1.82, 2.24) is 9.97 Å². The van der Waals surface area contributed by atoms with Crippen molar-refractivity contribution in [3.05, 3.63) is 12.4 Å². The Labute approximate surface area is 101 Å². The molecule has 6 nitrogen and oxygen atoms in total. The number of nitrogens with one attached hydrogen (secondary N) is 1. The summed E-state index contributed by atoms with van der Waals surface area (Å²) in [6.07, 6.45) is 1.40. The molecule has 0 spiro atoms. The molecule has 0 aliphatic carbocycles. The van der Waals surface area contributed by atoms with Gasteiger partial charge in [0.25, 0.3) is 0 Å². The molecule has 0 saturated carbocycles. The zero-order valence-corrected chi connectivity index (χ0v) is 10.1. The van der Waals surface area contributed by atoms with Crippen molar-refractivity contribution in [2.75, 3.05) is 37.0 Å². The van der Waals surface area contributed by atoms with Gasteiger partial charge in [-0.25, -0.2) is 9.97 Å². The van der Waals surface area contributed by atoms with Gasteiger partial charge < -0.3 is 20.1 Å². The van der Waals surface area contributed by atoms with E-state index in [2.05, 4.69) is 27.1 Å². The number of morpholine rings is 1. The van der Waals surface area contributed by atoms with Gasteiger partial charge in [0, 0.05) is 19.7 Å². The quantitative estimate of drug-likeness (QED) is 0.778. The number of anilines is 2. The van der Waals surface area contributed by atoms with Crippen molar-refractivity contribution in [2.45, 2.75) is 19.1 Å². The zero-order valence-electron chi connectivity index (χ0n) is 10.1. The molecule has 1 fully saturated rings. The van der Waals surface area contributed by atoms with E-state index in [-0.39, 0.29) is 18.8 Å². The average molecular weight is 238 g/mol. The molecular formula is C11H18N4O2. The average Bonchev–Trinajstić information content (AvgIpc) is 2.39. The van der Waals surface area contributed by atoms with Crippen molar-refractivity contribution >= 4 is 11.6 Å². The monoisotopic (exact) mass is 238 g/mol. The van der Waals surface area contributed by atoms with Crippen molar-refractivity contribution < 1.29 is 9.84 Å². The van der Waals surface area contributed by atoms with Crippen LogP contribution in [0.5, 0.6) is 0 Å². The Morgan fingerprint density at radius 2 is 2.41 bits per heavy atom. The molecule has 0 radical (unpaired) electrons. The number of aliphatic hydroxyl groups is 1. The Morgan fingerprint density at radius 1 is 1.59 bits per heavy atom. The molecule has 6 heteroatoms. The lowest BCUT2D eigenvalue weighted by Gasteiger charge is -2.38. The van der Waals surface area contributed by atoms with Gasteiger partial charge in [-0.05, 0) is 6.92 Å². The molecule has 1 aromatic heterocycles. The highest BCUT2D eigenvalue weighted by Gasteiger charge is 2.26. The Kier molecular flexibility index (Phi) is 3.75. The van der Waals surface area contributed by atoms with Crippen molar-refractivity contribution in [3.63, 3.8) is 0 Å². The number of nitrogens with zero attached hydrogens (tertiary/aromatic N) is 3. The van der Waals surface area contributed by atoms with Crippen molar-refractivity contribution in [3.8, 4) is 0 Å². The third-order valence-electron chi connectivity index (χ3n) is 2.91. The van der Waals surface area contributed by atoms with Gasteiger partial charge in [0.2, 0.25) is 0 Å². The molecule has 1 saturated heterocycles. The summed E-state index contributed by atoms with van der Waals surface area (Å²) in [6.45, 7) is 3.36. The second kappa shape index (κ2) is 5.29. The second-order valence-corrected chi connectivity index (χ2v) is 4.15. The van der Waals surface area contributed by atoms with Crippen LogP contribution >= 0.6 is 0 Å². The summed E-state index contributed by atoms with van der Waals surface area (Å²) < 4.78 is 5.50. The Hall–Kier alpha value is -1.40. The van der Waals surface area contributed by atoms with Crippen LogP contribution in [-0.2, 0) is 4.74 Å². The largest absolute Gasteiger partial charge is 0.394 e. The summed E-state index contributed by atoms with van der Waals surface area (Å²) >= 11 is 0. The van der Waals surface area contributed by atoms with Gasteiger partial charge in [0.05, 0.1) is 25.4 Å². The molecule has 2 rings (SSSR count). The van der Waals surface area contributed by atoms with E-state index in [1.54, 1.807) is 0 Å². The van der Waals surface area contributed by atoms with E-state index in [9.17, 15) is 0 Å². The van der Waals surface area contributed by atoms with Crippen LogP contribution in [0.3, 0.4) is 0 Å². The van der Waals surface area contributed by atoms with E-state index in [0.717, 1.165) is 11.6 Å². The number of hydrogen-bond acceptors (Lipinski definition) is 6.